The molecule has 118 valence electrons. The van der Waals surface area contributed by atoms with Crippen molar-refractivity contribution < 1.29 is 4.42 Å². The van der Waals surface area contributed by atoms with Crippen molar-refractivity contribution in [3.8, 4) is 11.5 Å². The van der Waals surface area contributed by atoms with Gasteiger partial charge in [-0.05, 0) is 44.5 Å². The summed E-state index contributed by atoms with van der Waals surface area (Å²) in [5.74, 6) is 4.15. The minimum Gasteiger partial charge on any atom is -0.447 e. The maximum absolute atomic E-state index is 5.94. The third-order valence-corrected chi connectivity index (χ3v) is 11.7. The Morgan fingerprint density at radius 1 is 1.00 bits per heavy atom. The Bertz CT molecular complexity index is 694. The molecule has 2 rings (SSSR count). The summed E-state index contributed by atoms with van der Waals surface area (Å²) in [6.07, 6.45) is 0. The van der Waals surface area contributed by atoms with Crippen molar-refractivity contribution in [2.45, 2.75) is 58.2 Å². The highest BCUT2D eigenvalue weighted by Gasteiger charge is 2.41. The van der Waals surface area contributed by atoms with Gasteiger partial charge in [0.05, 0.1) is 4.47 Å². The van der Waals surface area contributed by atoms with Crippen LogP contribution in [0.4, 0.5) is 0 Å². The van der Waals surface area contributed by atoms with E-state index in [9.17, 15) is 0 Å². The summed E-state index contributed by atoms with van der Waals surface area (Å²) in [5, 5.41) is 1.10. The number of hydrogen-bond acceptors (Lipinski definition) is 1. The molecule has 22 heavy (non-hydrogen) atoms. The Hall–Kier alpha value is -0.983. The molecule has 0 saturated carbocycles. The van der Waals surface area contributed by atoms with Crippen molar-refractivity contribution in [1.29, 1.82) is 0 Å². The zero-order valence-electron chi connectivity index (χ0n) is 14.3. The highest BCUT2D eigenvalue weighted by atomic mass is 79.9. The molecule has 0 aliphatic carbocycles. The molecule has 0 bridgehead atoms. The topological polar surface area (TPSA) is 13.1 Å². The summed E-state index contributed by atoms with van der Waals surface area (Å²) in [6, 6.07) is 8.13. The van der Waals surface area contributed by atoms with Crippen LogP contribution in [0, 0.1) is 11.5 Å². The molecule has 0 unspecified atom stereocenters. The molecule has 1 aromatic carbocycles. The molecule has 0 spiro atoms. The highest BCUT2D eigenvalue weighted by Crippen LogP contribution is 2.40. The third-order valence-electron chi connectivity index (χ3n) is 4.76. The van der Waals surface area contributed by atoms with Gasteiger partial charge in [0, 0.05) is 11.5 Å². The van der Waals surface area contributed by atoms with Crippen LogP contribution in [-0.4, -0.2) is 8.07 Å². The van der Waals surface area contributed by atoms with Crippen LogP contribution in [0.5, 0.6) is 0 Å². The van der Waals surface area contributed by atoms with Gasteiger partial charge in [0.1, 0.15) is 13.7 Å². The average Bonchev–Trinajstić information content (AvgIpc) is 2.82. The van der Waals surface area contributed by atoms with E-state index in [0.717, 1.165) is 21.2 Å². The fourth-order valence-electron chi connectivity index (χ4n) is 3.69. The first-order valence-corrected chi connectivity index (χ1v) is 11.0. The van der Waals surface area contributed by atoms with E-state index in [1.165, 1.54) is 0 Å². The van der Waals surface area contributed by atoms with Crippen molar-refractivity contribution in [3.63, 3.8) is 0 Å². The fourth-order valence-corrected chi connectivity index (χ4v) is 9.36. The van der Waals surface area contributed by atoms with E-state index in [4.69, 9.17) is 4.42 Å². The van der Waals surface area contributed by atoms with Gasteiger partial charge in [-0.3, -0.25) is 0 Å². The van der Waals surface area contributed by atoms with E-state index in [1.54, 1.807) is 0 Å². The Labute approximate surface area is 143 Å². The van der Waals surface area contributed by atoms with Gasteiger partial charge in [-0.15, -0.1) is 5.54 Å². The fraction of sp³-hybridized carbons (Fsp3) is 0.474. The van der Waals surface area contributed by atoms with Crippen LogP contribution >= 0.6 is 15.9 Å². The van der Waals surface area contributed by atoms with Gasteiger partial charge in [-0.25, -0.2) is 0 Å². The Kier molecular flexibility index (Phi) is 5.24. The number of benzene rings is 1. The van der Waals surface area contributed by atoms with Gasteiger partial charge in [0.25, 0.3) is 0 Å². The number of para-hydroxylation sites is 1. The second-order valence-corrected chi connectivity index (χ2v) is 13.4. The van der Waals surface area contributed by atoms with Crippen LogP contribution < -0.4 is 0 Å². The maximum Gasteiger partial charge on any atom is 0.177 e. The van der Waals surface area contributed by atoms with Crippen molar-refractivity contribution in [2.75, 3.05) is 0 Å². The minimum absolute atomic E-state index is 0.635. The average molecular weight is 377 g/mol. The van der Waals surface area contributed by atoms with E-state index in [2.05, 4.69) is 75.0 Å². The third kappa shape index (κ3) is 3.05. The van der Waals surface area contributed by atoms with Crippen molar-refractivity contribution in [1.82, 2.24) is 0 Å². The van der Waals surface area contributed by atoms with Crippen molar-refractivity contribution >= 4 is 35.0 Å². The molecule has 1 aromatic heterocycles. The molecule has 0 saturated heterocycles. The Morgan fingerprint density at radius 2 is 1.59 bits per heavy atom. The second-order valence-electron chi connectivity index (χ2n) is 6.92. The number of rotatable bonds is 3. The van der Waals surface area contributed by atoms with E-state index in [-0.39, 0.29) is 0 Å². The standard InChI is InChI=1S/C19H25BrOSi/c1-13(2)22(14(3)4,15(5)6)11-10-17-12-16-8-7-9-18(20)19(16)21-17/h7-9,12-15H,1-6H3. The second kappa shape index (κ2) is 6.64. The van der Waals surface area contributed by atoms with Gasteiger partial charge in [-0.1, -0.05) is 53.7 Å². The zero-order chi connectivity index (χ0) is 16.5. The quantitative estimate of drug-likeness (QED) is 0.425. The number of hydrogen-bond donors (Lipinski definition) is 0. The normalized spacial score (nSPS) is 12.3. The van der Waals surface area contributed by atoms with E-state index in [1.807, 2.05) is 18.2 Å². The molecule has 1 heterocycles. The number of fused-ring (bicyclic) bond motifs is 1. The molecule has 0 atom stereocenters. The minimum atomic E-state index is -1.71. The monoisotopic (exact) mass is 376 g/mol. The van der Waals surface area contributed by atoms with Crippen LogP contribution in [0.2, 0.25) is 16.6 Å². The summed E-state index contributed by atoms with van der Waals surface area (Å²) in [4.78, 5) is 0. The van der Waals surface area contributed by atoms with Crippen LogP contribution in [0.15, 0.2) is 33.2 Å². The van der Waals surface area contributed by atoms with Crippen LogP contribution in [-0.2, 0) is 0 Å². The summed E-state index contributed by atoms with van der Waals surface area (Å²) in [5.41, 5.74) is 6.50. The molecule has 1 nitrogen and oxygen atoms in total. The van der Waals surface area contributed by atoms with E-state index >= 15 is 0 Å². The van der Waals surface area contributed by atoms with Crippen LogP contribution in [0.1, 0.15) is 47.3 Å². The predicted octanol–water partition coefficient (Wildman–Crippen LogP) is 6.76. The summed E-state index contributed by atoms with van der Waals surface area (Å²) < 4.78 is 6.92. The van der Waals surface area contributed by atoms with Gasteiger partial charge in [0.15, 0.2) is 5.76 Å². The SMILES string of the molecule is CC(C)[Si](C#Cc1cc2cccc(Br)c2o1)(C(C)C)C(C)C. The van der Waals surface area contributed by atoms with Crippen molar-refractivity contribution in [2.24, 2.45) is 0 Å². The summed E-state index contributed by atoms with van der Waals surface area (Å²) >= 11 is 3.54. The lowest BCUT2D eigenvalue weighted by Crippen LogP contribution is -2.43. The van der Waals surface area contributed by atoms with Gasteiger partial charge >= 0.3 is 0 Å². The number of halogens is 1. The van der Waals surface area contributed by atoms with E-state index < -0.39 is 8.07 Å². The highest BCUT2D eigenvalue weighted by molar-refractivity contribution is 9.10. The lowest BCUT2D eigenvalue weighted by Gasteiger charge is -2.37. The first kappa shape index (κ1) is 17.4. The van der Waals surface area contributed by atoms with Gasteiger partial charge < -0.3 is 4.42 Å². The molecule has 0 amide bonds. The molecule has 2 aromatic rings. The largest absolute Gasteiger partial charge is 0.447 e. The number of furan rings is 1. The molecule has 0 N–H and O–H groups in total. The molecule has 0 aliphatic heterocycles. The maximum atomic E-state index is 5.94. The molecular formula is C19H25BrOSi. The lowest BCUT2D eigenvalue weighted by atomic mass is 10.2. The smallest absolute Gasteiger partial charge is 0.177 e. The van der Waals surface area contributed by atoms with Crippen molar-refractivity contribution in [3.05, 3.63) is 34.5 Å². The van der Waals surface area contributed by atoms with Crippen LogP contribution in [0.3, 0.4) is 0 Å². The molecular weight excluding hydrogens is 352 g/mol. The van der Waals surface area contributed by atoms with Gasteiger partial charge in [-0.2, -0.15) is 0 Å². The Morgan fingerprint density at radius 3 is 2.09 bits per heavy atom. The summed E-state index contributed by atoms with van der Waals surface area (Å²) in [6.45, 7) is 14.0. The molecule has 0 radical (unpaired) electrons. The first-order valence-electron chi connectivity index (χ1n) is 8.00. The summed E-state index contributed by atoms with van der Waals surface area (Å²) in [7, 11) is -1.71. The van der Waals surface area contributed by atoms with E-state index in [0.29, 0.717) is 16.6 Å². The molecule has 3 heteroatoms. The van der Waals surface area contributed by atoms with Crippen LogP contribution in [0.25, 0.3) is 11.0 Å². The molecule has 0 aliphatic rings. The Balaban J connectivity index is 2.50. The first-order chi connectivity index (χ1) is 10.3. The van der Waals surface area contributed by atoms with Gasteiger partial charge in [0.2, 0.25) is 0 Å². The zero-order valence-corrected chi connectivity index (χ0v) is 16.9. The predicted molar refractivity (Wildman–Crippen MR) is 102 cm³/mol. The molecule has 0 fully saturated rings. The lowest BCUT2D eigenvalue weighted by molar-refractivity contribution is 0.599.